The van der Waals surface area contributed by atoms with Crippen LogP contribution < -0.4 is 10.6 Å². The number of anilines is 1. The van der Waals surface area contributed by atoms with Crippen molar-refractivity contribution in [2.75, 3.05) is 23.8 Å². The summed E-state index contributed by atoms with van der Waals surface area (Å²) >= 11 is 21.9. The summed E-state index contributed by atoms with van der Waals surface area (Å²) in [7, 11) is 0. The predicted octanol–water partition coefficient (Wildman–Crippen LogP) is 3.89. The molecule has 1 aliphatic carbocycles. The van der Waals surface area contributed by atoms with Crippen molar-refractivity contribution in [3.05, 3.63) is 29.8 Å². The number of rotatable bonds is 10. The molecule has 1 aromatic rings. The summed E-state index contributed by atoms with van der Waals surface area (Å²) in [5.41, 5.74) is 0.783. The van der Waals surface area contributed by atoms with Crippen molar-refractivity contribution in [2.24, 2.45) is 5.92 Å². The topological polar surface area (TPSA) is 114 Å². The van der Waals surface area contributed by atoms with Crippen LogP contribution in [0.4, 0.5) is 5.69 Å². The van der Waals surface area contributed by atoms with Crippen LogP contribution in [0.3, 0.4) is 0 Å². The second-order valence-electron chi connectivity index (χ2n) is 9.72. The van der Waals surface area contributed by atoms with Gasteiger partial charge in [-0.1, -0.05) is 62.9 Å². The highest BCUT2D eigenvalue weighted by Gasteiger charge is 2.65. The number of alkyl halides is 4. The molecule has 2 aliphatic heterocycles. The van der Waals surface area contributed by atoms with Crippen LogP contribution in [0.2, 0.25) is 0 Å². The highest BCUT2D eigenvalue weighted by molar-refractivity contribution is 9.09. The zero-order valence-electron chi connectivity index (χ0n) is 20.5. The first-order valence-electron chi connectivity index (χ1n) is 12.0. The van der Waals surface area contributed by atoms with Crippen molar-refractivity contribution in [2.45, 2.75) is 58.8 Å². The Balaban J connectivity index is 1.35. The maximum atomic E-state index is 13.0. The summed E-state index contributed by atoms with van der Waals surface area (Å²) < 4.78 is 8.22. The third-order valence-electron chi connectivity index (χ3n) is 6.67. The number of nitrogens with zero attached hydrogens (tertiary/aromatic N) is 1. The van der Waals surface area contributed by atoms with Gasteiger partial charge in [0.15, 0.2) is 0 Å². The van der Waals surface area contributed by atoms with E-state index < -0.39 is 56.4 Å². The number of halogens is 4. The first-order chi connectivity index (χ1) is 17.8. The largest absolute Gasteiger partial charge is 0.460 e. The second-order valence-corrected chi connectivity index (χ2v) is 14.4. The lowest BCUT2D eigenvalue weighted by Crippen LogP contribution is -2.71. The number of benzene rings is 1. The molecule has 0 radical (unpaired) electrons. The van der Waals surface area contributed by atoms with Gasteiger partial charge in [0, 0.05) is 11.0 Å². The van der Waals surface area contributed by atoms with Crippen LogP contribution in [0.1, 0.15) is 37.0 Å². The van der Waals surface area contributed by atoms with Crippen molar-refractivity contribution in [3.63, 3.8) is 0 Å². The lowest BCUT2D eigenvalue weighted by atomic mass is 9.96. The zero-order valence-corrected chi connectivity index (χ0v) is 25.2. The first-order valence-corrected chi connectivity index (χ1v) is 15.1. The molecule has 4 rings (SSSR count). The summed E-state index contributed by atoms with van der Waals surface area (Å²) in [5, 5.41) is 5.61. The Morgan fingerprint density at radius 1 is 1.26 bits per heavy atom. The smallest absolute Gasteiger partial charge is 0.340 e. The van der Waals surface area contributed by atoms with Crippen LogP contribution in [0.25, 0.3) is 0 Å². The molecule has 1 saturated carbocycles. The van der Waals surface area contributed by atoms with E-state index in [1.807, 2.05) is 13.8 Å². The number of carbonyl (C=O) groups is 4. The van der Waals surface area contributed by atoms with Gasteiger partial charge in [-0.25, -0.2) is 9.59 Å². The van der Waals surface area contributed by atoms with Crippen molar-refractivity contribution in [1.82, 2.24) is 10.2 Å². The Bertz CT molecular complexity index is 1120. The van der Waals surface area contributed by atoms with Crippen molar-refractivity contribution in [3.8, 4) is 0 Å². The summed E-state index contributed by atoms with van der Waals surface area (Å²) in [6, 6.07) is 5.04. The number of hydrogen-bond acceptors (Lipinski definition) is 8. The second kappa shape index (κ2) is 11.6. The molecule has 2 N–H and O–H groups in total. The molecule has 9 nitrogen and oxygen atoms in total. The van der Waals surface area contributed by atoms with Gasteiger partial charge in [-0.2, -0.15) is 0 Å². The van der Waals surface area contributed by atoms with Crippen molar-refractivity contribution in [1.29, 1.82) is 0 Å². The van der Waals surface area contributed by atoms with Gasteiger partial charge < -0.3 is 25.0 Å². The highest BCUT2D eigenvalue weighted by atomic mass is 79.9. The predicted molar refractivity (Wildman–Crippen MR) is 150 cm³/mol. The summed E-state index contributed by atoms with van der Waals surface area (Å²) in [4.78, 5) is 52.6. The molecule has 38 heavy (non-hydrogen) atoms. The van der Waals surface area contributed by atoms with Gasteiger partial charge >= 0.3 is 11.9 Å². The third-order valence-corrected chi connectivity index (χ3v) is 10.2. The number of carbonyl (C=O) groups excluding carboxylic acids is 4. The average Bonchev–Trinajstić information content (AvgIpc) is 3.68. The van der Waals surface area contributed by atoms with Gasteiger partial charge in [-0.15, -0.1) is 11.8 Å². The van der Waals surface area contributed by atoms with E-state index >= 15 is 0 Å². The van der Waals surface area contributed by atoms with Crippen molar-refractivity contribution >= 4 is 91.9 Å². The number of thioether (sulfide) groups is 1. The molecule has 208 valence electrons. The van der Waals surface area contributed by atoms with Crippen LogP contribution in [0, 0.1) is 5.92 Å². The van der Waals surface area contributed by atoms with Gasteiger partial charge in [0.25, 0.3) is 0 Å². The molecule has 2 amide bonds. The van der Waals surface area contributed by atoms with Crippen molar-refractivity contribution < 1.29 is 28.7 Å². The Hall–Kier alpha value is -1.40. The molecule has 14 heteroatoms. The first kappa shape index (κ1) is 29.6. The summed E-state index contributed by atoms with van der Waals surface area (Å²) in [6.07, 6.45) is 1.94. The number of amides is 2. The Morgan fingerprint density at radius 2 is 1.95 bits per heavy atom. The van der Waals surface area contributed by atoms with E-state index in [0.717, 1.165) is 12.8 Å². The third kappa shape index (κ3) is 6.49. The molecular weight excluding hydrogens is 645 g/mol. The molecule has 0 aromatic heterocycles. The minimum Gasteiger partial charge on any atom is -0.460 e. The highest BCUT2D eigenvalue weighted by Crippen LogP contribution is 2.52. The van der Waals surface area contributed by atoms with Crippen LogP contribution in [0.15, 0.2) is 24.3 Å². The van der Waals surface area contributed by atoms with Crippen LogP contribution >= 0.6 is 62.5 Å². The van der Waals surface area contributed by atoms with Gasteiger partial charge in [-0.3, -0.25) is 9.59 Å². The Morgan fingerprint density at radius 3 is 2.58 bits per heavy atom. The van der Waals surface area contributed by atoms with Gasteiger partial charge in [0.2, 0.25) is 15.6 Å². The molecule has 3 aliphatic rings. The van der Waals surface area contributed by atoms with E-state index in [1.165, 1.54) is 16.7 Å². The molecular formula is C24H27BrCl3N3O6S. The average molecular weight is 672 g/mol. The number of nitrogens with one attached hydrogen (secondary N) is 2. The lowest BCUT2D eigenvalue weighted by molar-refractivity contribution is -0.164. The monoisotopic (exact) mass is 669 g/mol. The number of para-hydroxylation sites is 1. The Labute approximate surface area is 248 Å². The maximum Gasteiger partial charge on any atom is 0.340 e. The number of fused-ring (bicyclic) bond motifs is 1. The van der Waals surface area contributed by atoms with Crippen LogP contribution in [-0.2, 0) is 23.9 Å². The summed E-state index contributed by atoms with van der Waals surface area (Å²) in [5.74, 6) is -1.59. The fourth-order valence-corrected chi connectivity index (χ4v) is 6.94. The standard InChI is InChI=1S/C24H27BrCl3N3O6S/c1-12(13-7-8-13)37-21(34)14-5-3-4-6-15(14)29-9-16(32)30-17-19(33)31-18(22(35)36-11-24(26,27)28)23(2,10-25)38-20(17)31/h3-6,12-13,17-18,20,29H,7-11H2,1-2H3,(H,30,32)/t12?,17?,18?,20-,23?/m1/s1. The number of hydrogen-bond donors (Lipinski definition) is 2. The van der Waals surface area contributed by atoms with E-state index in [9.17, 15) is 19.2 Å². The molecule has 2 saturated heterocycles. The zero-order chi connectivity index (χ0) is 27.8. The fourth-order valence-electron chi connectivity index (χ4n) is 4.46. The van der Waals surface area contributed by atoms with E-state index in [2.05, 4.69) is 26.6 Å². The van der Waals surface area contributed by atoms with Gasteiger partial charge in [0.1, 0.15) is 30.2 Å². The van der Waals surface area contributed by atoms with E-state index in [-0.39, 0.29) is 12.6 Å². The minimum atomic E-state index is -1.78. The molecule has 5 atom stereocenters. The van der Waals surface area contributed by atoms with Gasteiger partial charge in [-0.05, 0) is 44.7 Å². The molecule has 1 aromatic carbocycles. The fraction of sp³-hybridized carbons (Fsp3) is 0.583. The number of esters is 2. The molecule has 0 spiro atoms. The molecule has 2 heterocycles. The molecule has 3 fully saturated rings. The number of β-lactam (4-membered cyclic amide) rings is 1. The van der Waals surface area contributed by atoms with E-state index in [4.69, 9.17) is 44.3 Å². The molecule has 4 unspecified atom stereocenters. The minimum absolute atomic E-state index is 0.163. The summed E-state index contributed by atoms with van der Waals surface area (Å²) in [6.45, 7) is 3.07. The quantitative estimate of drug-likeness (QED) is 0.219. The van der Waals surface area contributed by atoms with Crippen LogP contribution in [-0.4, -0.2) is 79.2 Å². The van der Waals surface area contributed by atoms with Gasteiger partial charge in [0.05, 0.1) is 16.9 Å². The maximum absolute atomic E-state index is 13.0. The molecule has 0 bridgehead atoms. The van der Waals surface area contributed by atoms with E-state index in [1.54, 1.807) is 24.3 Å². The lowest BCUT2D eigenvalue weighted by Gasteiger charge is -2.44. The van der Waals surface area contributed by atoms with Crippen LogP contribution in [0.5, 0.6) is 0 Å². The Kier molecular flexibility index (Phi) is 9.03. The number of ether oxygens (including phenoxy) is 2. The normalized spacial score (nSPS) is 27.2. The SMILES string of the molecule is CC(OC(=O)c1ccccc1NCC(=O)NC1C(=O)N2C(C(=O)OCC(Cl)(Cl)Cl)C(C)(CBr)S[C@H]12)C1CC1. The van der Waals surface area contributed by atoms with E-state index in [0.29, 0.717) is 22.5 Å².